The van der Waals surface area contributed by atoms with Crippen molar-refractivity contribution in [1.29, 1.82) is 0 Å². The zero-order chi connectivity index (χ0) is 17.5. The van der Waals surface area contributed by atoms with Crippen LogP contribution in [0, 0.1) is 6.92 Å². The van der Waals surface area contributed by atoms with E-state index < -0.39 is 0 Å². The van der Waals surface area contributed by atoms with Gasteiger partial charge < -0.3 is 4.90 Å². The van der Waals surface area contributed by atoms with Gasteiger partial charge >= 0.3 is 0 Å². The summed E-state index contributed by atoms with van der Waals surface area (Å²) >= 11 is 1.98. The maximum absolute atomic E-state index is 2.54. The number of anilines is 1. The molecule has 136 valence electrons. The molecule has 0 spiro atoms. The minimum atomic E-state index is 0. The lowest BCUT2D eigenvalue weighted by molar-refractivity contribution is 0.680. The highest BCUT2D eigenvalue weighted by atomic mass is 35.5. The van der Waals surface area contributed by atoms with Crippen molar-refractivity contribution in [2.24, 2.45) is 0 Å². The van der Waals surface area contributed by atoms with E-state index in [-0.39, 0.29) is 12.4 Å². The second kappa shape index (κ2) is 7.38. The first-order valence-corrected chi connectivity index (χ1v) is 9.98. The van der Waals surface area contributed by atoms with E-state index in [0.29, 0.717) is 5.92 Å². The van der Waals surface area contributed by atoms with Crippen LogP contribution < -0.4 is 4.90 Å². The van der Waals surface area contributed by atoms with Crippen LogP contribution in [0.3, 0.4) is 0 Å². The monoisotopic (exact) mass is 391 g/mol. The molecule has 0 saturated carbocycles. The SMILES string of the molecule is Cc1ccc(N2Cc3c(sc4ccccc34)C(c3ccccc3)C2)cc1.Cl. The highest BCUT2D eigenvalue weighted by Crippen LogP contribution is 2.44. The van der Waals surface area contributed by atoms with Gasteiger partial charge in [0.2, 0.25) is 0 Å². The predicted octanol–water partition coefficient (Wildman–Crippen LogP) is 6.78. The van der Waals surface area contributed by atoms with Gasteiger partial charge in [-0.25, -0.2) is 0 Å². The average Bonchev–Trinajstić information content (AvgIpc) is 3.07. The molecule has 3 aromatic carbocycles. The van der Waals surface area contributed by atoms with Crippen LogP contribution >= 0.6 is 23.7 Å². The molecule has 4 aromatic rings. The average molecular weight is 392 g/mol. The molecule has 0 amide bonds. The van der Waals surface area contributed by atoms with Crippen molar-refractivity contribution in [1.82, 2.24) is 0 Å². The summed E-state index contributed by atoms with van der Waals surface area (Å²) in [4.78, 5) is 4.08. The summed E-state index contributed by atoms with van der Waals surface area (Å²) in [5.41, 5.74) is 5.55. The normalized spacial score (nSPS) is 16.0. The maximum Gasteiger partial charge on any atom is 0.0447 e. The van der Waals surface area contributed by atoms with Gasteiger partial charge in [0.1, 0.15) is 0 Å². The van der Waals surface area contributed by atoms with Crippen molar-refractivity contribution in [3.63, 3.8) is 0 Å². The van der Waals surface area contributed by atoms with Crippen LogP contribution in [0.15, 0.2) is 78.9 Å². The van der Waals surface area contributed by atoms with E-state index in [2.05, 4.69) is 90.7 Å². The van der Waals surface area contributed by atoms with Crippen LogP contribution in [0.1, 0.15) is 27.5 Å². The Morgan fingerprint density at radius 2 is 1.56 bits per heavy atom. The molecule has 0 bridgehead atoms. The summed E-state index contributed by atoms with van der Waals surface area (Å²) < 4.78 is 1.41. The first-order chi connectivity index (χ1) is 12.8. The Labute approximate surface area is 170 Å². The molecule has 0 N–H and O–H groups in total. The summed E-state index contributed by atoms with van der Waals surface area (Å²) in [6, 6.07) is 28.8. The zero-order valence-corrected chi connectivity index (χ0v) is 16.9. The van der Waals surface area contributed by atoms with Crippen molar-refractivity contribution >= 4 is 39.5 Å². The fourth-order valence-corrected chi connectivity index (χ4v) is 5.35. The molecule has 0 fully saturated rings. The highest BCUT2D eigenvalue weighted by molar-refractivity contribution is 7.19. The van der Waals surface area contributed by atoms with Crippen molar-refractivity contribution < 1.29 is 0 Å². The van der Waals surface area contributed by atoms with Crippen LogP contribution in [0.5, 0.6) is 0 Å². The number of hydrogen-bond donors (Lipinski definition) is 0. The Kier molecular flexibility index (Phi) is 4.94. The molecule has 2 heterocycles. The molecule has 3 heteroatoms. The lowest BCUT2D eigenvalue weighted by Crippen LogP contribution is -2.33. The second-order valence-electron chi connectivity index (χ2n) is 7.12. The zero-order valence-electron chi connectivity index (χ0n) is 15.3. The number of hydrogen-bond acceptors (Lipinski definition) is 2. The van der Waals surface area contributed by atoms with Crippen molar-refractivity contribution in [3.05, 3.63) is 100 Å². The van der Waals surface area contributed by atoms with Crippen molar-refractivity contribution in [2.45, 2.75) is 19.4 Å². The lowest BCUT2D eigenvalue weighted by atomic mass is 9.89. The molecule has 1 aliphatic rings. The molecule has 1 unspecified atom stereocenters. The Morgan fingerprint density at radius 3 is 2.33 bits per heavy atom. The predicted molar refractivity (Wildman–Crippen MR) is 120 cm³/mol. The van der Waals surface area contributed by atoms with E-state index in [0.717, 1.165) is 13.1 Å². The van der Waals surface area contributed by atoms with Gasteiger partial charge in [0.25, 0.3) is 0 Å². The maximum atomic E-state index is 2.54. The summed E-state index contributed by atoms with van der Waals surface area (Å²) in [5.74, 6) is 0.429. The molecule has 1 aromatic heterocycles. The number of halogens is 1. The number of thiophene rings is 1. The van der Waals surface area contributed by atoms with Gasteiger partial charge in [0.05, 0.1) is 0 Å². The topological polar surface area (TPSA) is 3.24 Å². The Bertz CT molecular complexity index is 1050. The van der Waals surface area contributed by atoms with E-state index in [4.69, 9.17) is 0 Å². The van der Waals surface area contributed by atoms with Gasteiger partial charge in [-0.2, -0.15) is 0 Å². The molecule has 0 radical (unpaired) electrons. The molecular formula is C24H22ClNS. The molecule has 5 rings (SSSR count). The quantitative estimate of drug-likeness (QED) is 0.364. The number of aryl methyl sites for hydroxylation is 1. The standard InChI is InChI=1S/C24H21NS.ClH/c1-17-11-13-19(14-12-17)25-15-21(18-7-3-2-4-8-18)24-22(16-25)20-9-5-6-10-23(20)26-24;/h2-14,21H,15-16H2,1H3;1H. The molecule has 1 nitrogen and oxygen atoms in total. The third kappa shape index (κ3) is 3.24. The first-order valence-electron chi connectivity index (χ1n) is 9.16. The van der Waals surface area contributed by atoms with Crippen LogP contribution in [0.25, 0.3) is 10.1 Å². The van der Waals surface area contributed by atoms with E-state index in [1.54, 1.807) is 4.88 Å². The number of benzene rings is 3. The Balaban J connectivity index is 0.00000180. The lowest BCUT2D eigenvalue weighted by Gasteiger charge is -2.35. The van der Waals surface area contributed by atoms with Crippen LogP contribution in [-0.2, 0) is 6.54 Å². The minimum absolute atomic E-state index is 0. The van der Waals surface area contributed by atoms with Crippen LogP contribution in [0.4, 0.5) is 5.69 Å². The number of nitrogens with zero attached hydrogens (tertiary/aromatic N) is 1. The van der Waals surface area contributed by atoms with Crippen molar-refractivity contribution in [3.8, 4) is 0 Å². The first kappa shape index (κ1) is 18.1. The summed E-state index contributed by atoms with van der Waals surface area (Å²) in [6.07, 6.45) is 0. The van der Waals surface area contributed by atoms with Gasteiger partial charge in [0, 0.05) is 34.3 Å². The smallest absolute Gasteiger partial charge is 0.0447 e. The van der Waals surface area contributed by atoms with Crippen LogP contribution in [-0.4, -0.2) is 6.54 Å². The Morgan fingerprint density at radius 1 is 0.852 bits per heavy atom. The van der Waals surface area contributed by atoms with E-state index in [1.165, 1.54) is 32.5 Å². The van der Waals surface area contributed by atoms with Gasteiger partial charge in [-0.15, -0.1) is 23.7 Å². The van der Waals surface area contributed by atoms with Gasteiger partial charge in [0.15, 0.2) is 0 Å². The van der Waals surface area contributed by atoms with Crippen LogP contribution in [0.2, 0.25) is 0 Å². The van der Waals surface area contributed by atoms with Gasteiger partial charge in [-0.05, 0) is 41.6 Å². The highest BCUT2D eigenvalue weighted by Gasteiger charge is 2.30. The fourth-order valence-electron chi connectivity index (χ4n) is 4.02. The number of fused-ring (bicyclic) bond motifs is 3. The van der Waals surface area contributed by atoms with E-state index in [1.807, 2.05) is 11.3 Å². The van der Waals surface area contributed by atoms with E-state index >= 15 is 0 Å². The largest absolute Gasteiger partial charge is 0.366 e. The summed E-state index contributed by atoms with van der Waals surface area (Å²) in [7, 11) is 0. The minimum Gasteiger partial charge on any atom is -0.366 e. The van der Waals surface area contributed by atoms with Crippen molar-refractivity contribution in [2.75, 3.05) is 11.4 Å². The third-order valence-electron chi connectivity index (χ3n) is 5.40. The third-order valence-corrected chi connectivity index (χ3v) is 6.73. The molecule has 0 aliphatic carbocycles. The molecule has 0 saturated heterocycles. The summed E-state index contributed by atoms with van der Waals surface area (Å²) in [5, 5.41) is 1.42. The molecule has 27 heavy (non-hydrogen) atoms. The molecule has 1 aliphatic heterocycles. The van der Waals surface area contributed by atoms with Gasteiger partial charge in [-0.3, -0.25) is 0 Å². The van der Waals surface area contributed by atoms with E-state index in [9.17, 15) is 0 Å². The molecular weight excluding hydrogens is 370 g/mol. The Hall–Kier alpha value is -2.29. The second-order valence-corrected chi connectivity index (χ2v) is 8.20. The number of rotatable bonds is 2. The summed E-state index contributed by atoms with van der Waals surface area (Å²) in [6.45, 7) is 4.18. The van der Waals surface area contributed by atoms with Gasteiger partial charge in [-0.1, -0.05) is 66.2 Å². The fraction of sp³-hybridized carbons (Fsp3) is 0.167. The molecule has 1 atom stereocenters.